The van der Waals surface area contributed by atoms with Crippen LogP contribution in [0.4, 0.5) is 0 Å². The van der Waals surface area contributed by atoms with Crippen molar-refractivity contribution in [1.82, 2.24) is 0 Å². The first-order valence-corrected chi connectivity index (χ1v) is 7.55. The summed E-state index contributed by atoms with van der Waals surface area (Å²) in [5, 5.41) is 0.733. The SMILES string of the molecule is COc1cc(C)c(SC2CCC(N)CC2)cc1C. The van der Waals surface area contributed by atoms with Gasteiger partial charge in [0.2, 0.25) is 0 Å². The Morgan fingerprint density at radius 1 is 1.11 bits per heavy atom. The van der Waals surface area contributed by atoms with E-state index in [0.29, 0.717) is 6.04 Å². The van der Waals surface area contributed by atoms with E-state index >= 15 is 0 Å². The summed E-state index contributed by atoms with van der Waals surface area (Å²) in [6, 6.07) is 4.83. The van der Waals surface area contributed by atoms with E-state index in [9.17, 15) is 0 Å². The number of thioether (sulfide) groups is 1. The van der Waals surface area contributed by atoms with Crippen LogP contribution >= 0.6 is 11.8 Å². The maximum atomic E-state index is 5.96. The summed E-state index contributed by atoms with van der Waals surface area (Å²) in [7, 11) is 1.73. The third-order valence-corrected chi connectivity index (χ3v) is 5.20. The van der Waals surface area contributed by atoms with Gasteiger partial charge in [-0.05, 0) is 62.8 Å². The van der Waals surface area contributed by atoms with Crippen LogP contribution in [0.3, 0.4) is 0 Å². The molecule has 0 bridgehead atoms. The zero-order valence-electron chi connectivity index (χ0n) is 11.5. The molecule has 18 heavy (non-hydrogen) atoms. The number of hydrogen-bond acceptors (Lipinski definition) is 3. The van der Waals surface area contributed by atoms with Gasteiger partial charge in [0.1, 0.15) is 5.75 Å². The van der Waals surface area contributed by atoms with Gasteiger partial charge in [-0.15, -0.1) is 11.8 Å². The molecule has 0 radical (unpaired) electrons. The zero-order chi connectivity index (χ0) is 13.1. The van der Waals surface area contributed by atoms with Gasteiger partial charge in [-0.25, -0.2) is 0 Å². The van der Waals surface area contributed by atoms with E-state index in [-0.39, 0.29) is 0 Å². The second-order valence-electron chi connectivity index (χ2n) is 5.24. The fourth-order valence-electron chi connectivity index (χ4n) is 2.50. The van der Waals surface area contributed by atoms with Gasteiger partial charge in [0.05, 0.1) is 7.11 Å². The van der Waals surface area contributed by atoms with Gasteiger partial charge in [0.25, 0.3) is 0 Å². The Bertz CT molecular complexity index is 411. The summed E-state index contributed by atoms with van der Waals surface area (Å²) >= 11 is 2.02. The summed E-state index contributed by atoms with van der Waals surface area (Å²) in [6.45, 7) is 4.28. The number of benzene rings is 1. The molecule has 1 fully saturated rings. The van der Waals surface area contributed by atoms with E-state index < -0.39 is 0 Å². The minimum Gasteiger partial charge on any atom is -0.496 e. The summed E-state index contributed by atoms with van der Waals surface area (Å²) in [6.07, 6.45) is 4.84. The third-order valence-electron chi connectivity index (χ3n) is 3.70. The maximum absolute atomic E-state index is 5.96. The van der Waals surface area contributed by atoms with E-state index in [4.69, 9.17) is 10.5 Å². The summed E-state index contributed by atoms with van der Waals surface area (Å²) in [5.41, 5.74) is 8.49. The fraction of sp³-hybridized carbons (Fsp3) is 0.600. The van der Waals surface area contributed by atoms with Crippen molar-refractivity contribution >= 4 is 11.8 Å². The molecule has 3 heteroatoms. The van der Waals surface area contributed by atoms with Crippen LogP contribution in [0.5, 0.6) is 5.75 Å². The number of hydrogen-bond donors (Lipinski definition) is 1. The van der Waals surface area contributed by atoms with Gasteiger partial charge in [-0.2, -0.15) is 0 Å². The molecule has 0 unspecified atom stereocenters. The molecule has 0 saturated heterocycles. The van der Waals surface area contributed by atoms with Crippen molar-refractivity contribution in [3.63, 3.8) is 0 Å². The Kier molecular flexibility index (Phi) is 4.57. The Morgan fingerprint density at radius 3 is 2.39 bits per heavy atom. The molecule has 1 aliphatic carbocycles. The molecule has 0 heterocycles. The van der Waals surface area contributed by atoms with Crippen LogP contribution in [-0.2, 0) is 0 Å². The lowest BCUT2D eigenvalue weighted by atomic mass is 9.96. The lowest BCUT2D eigenvalue weighted by Crippen LogP contribution is -2.27. The maximum Gasteiger partial charge on any atom is 0.122 e. The minimum absolute atomic E-state index is 0.431. The van der Waals surface area contributed by atoms with Gasteiger partial charge in [-0.1, -0.05) is 0 Å². The first kappa shape index (κ1) is 13.8. The van der Waals surface area contributed by atoms with Crippen molar-refractivity contribution in [3.05, 3.63) is 23.3 Å². The highest BCUT2D eigenvalue weighted by Crippen LogP contribution is 2.37. The number of methoxy groups -OCH3 is 1. The summed E-state index contributed by atoms with van der Waals surface area (Å²) < 4.78 is 5.36. The molecule has 100 valence electrons. The smallest absolute Gasteiger partial charge is 0.122 e. The highest BCUT2D eigenvalue weighted by molar-refractivity contribution is 8.00. The predicted octanol–water partition coefficient (Wildman–Crippen LogP) is 3.67. The van der Waals surface area contributed by atoms with Crippen molar-refractivity contribution in [1.29, 1.82) is 0 Å². The topological polar surface area (TPSA) is 35.2 Å². The molecule has 0 aliphatic heterocycles. The standard InChI is InChI=1S/C15H23NOS/c1-10-9-15(11(2)8-14(10)17-3)18-13-6-4-12(16)5-7-13/h8-9,12-13H,4-7,16H2,1-3H3. The van der Waals surface area contributed by atoms with Crippen LogP contribution in [0, 0.1) is 13.8 Å². The van der Waals surface area contributed by atoms with Gasteiger partial charge >= 0.3 is 0 Å². The second kappa shape index (κ2) is 5.98. The average molecular weight is 265 g/mol. The Morgan fingerprint density at radius 2 is 1.78 bits per heavy atom. The highest BCUT2D eigenvalue weighted by atomic mass is 32.2. The Hall–Kier alpha value is -0.670. The molecule has 2 rings (SSSR count). The van der Waals surface area contributed by atoms with E-state index in [0.717, 1.165) is 11.0 Å². The minimum atomic E-state index is 0.431. The molecule has 1 aromatic carbocycles. The average Bonchev–Trinajstić information content (AvgIpc) is 2.36. The molecule has 0 atom stereocenters. The first-order valence-electron chi connectivity index (χ1n) is 6.67. The van der Waals surface area contributed by atoms with E-state index in [1.807, 2.05) is 11.8 Å². The van der Waals surface area contributed by atoms with E-state index in [2.05, 4.69) is 26.0 Å². The normalized spacial score (nSPS) is 24.0. The number of ether oxygens (including phenoxy) is 1. The van der Waals surface area contributed by atoms with Crippen LogP contribution < -0.4 is 10.5 Å². The molecule has 2 nitrogen and oxygen atoms in total. The van der Waals surface area contributed by atoms with Crippen molar-refractivity contribution in [2.45, 2.75) is 55.7 Å². The molecule has 2 N–H and O–H groups in total. The lowest BCUT2D eigenvalue weighted by molar-refractivity contribution is 0.411. The Balaban J connectivity index is 2.07. The molecular formula is C15H23NOS. The number of nitrogens with two attached hydrogens (primary N) is 1. The van der Waals surface area contributed by atoms with Crippen LogP contribution in [0.2, 0.25) is 0 Å². The molecule has 0 spiro atoms. The molecule has 1 aromatic rings. The molecule has 1 saturated carbocycles. The zero-order valence-corrected chi connectivity index (χ0v) is 12.3. The van der Waals surface area contributed by atoms with Crippen LogP contribution in [0.15, 0.2) is 17.0 Å². The number of rotatable bonds is 3. The van der Waals surface area contributed by atoms with Crippen LogP contribution in [0.1, 0.15) is 36.8 Å². The van der Waals surface area contributed by atoms with Gasteiger partial charge in [0.15, 0.2) is 0 Å². The highest BCUT2D eigenvalue weighted by Gasteiger charge is 2.20. The summed E-state index contributed by atoms with van der Waals surface area (Å²) in [5.74, 6) is 0.988. The molecule has 0 aromatic heterocycles. The number of aryl methyl sites for hydroxylation is 2. The molecular weight excluding hydrogens is 242 g/mol. The van der Waals surface area contributed by atoms with E-state index in [1.54, 1.807) is 7.11 Å². The second-order valence-corrected chi connectivity index (χ2v) is 6.58. The van der Waals surface area contributed by atoms with Crippen LogP contribution in [0.25, 0.3) is 0 Å². The van der Waals surface area contributed by atoms with E-state index in [1.165, 1.54) is 41.7 Å². The molecule has 0 amide bonds. The van der Waals surface area contributed by atoms with Crippen molar-refractivity contribution < 1.29 is 4.74 Å². The van der Waals surface area contributed by atoms with Crippen molar-refractivity contribution in [2.24, 2.45) is 5.73 Å². The lowest BCUT2D eigenvalue weighted by Gasteiger charge is -2.26. The monoisotopic (exact) mass is 265 g/mol. The van der Waals surface area contributed by atoms with Gasteiger partial charge < -0.3 is 10.5 Å². The summed E-state index contributed by atoms with van der Waals surface area (Å²) in [4.78, 5) is 1.40. The largest absolute Gasteiger partial charge is 0.496 e. The molecule has 1 aliphatic rings. The fourth-order valence-corrected chi connectivity index (χ4v) is 3.85. The first-order chi connectivity index (χ1) is 8.60. The predicted molar refractivity (Wildman–Crippen MR) is 78.6 cm³/mol. The van der Waals surface area contributed by atoms with Crippen molar-refractivity contribution in [2.75, 3.05) is 7.11 Å². The van der Waals surface area contributed by atoms with Crippen LogP contribution in [-0.4, -0.2) is 18.4 Å². The van der Waals surface area contributed by atoms with Gasteiger partial charge in [0, 0.05) is 16.2 Å². The Labute approximate surface area is 114 Å². The quantitative estimate of drug-likeness (QED) is 0.905. The van der Waals surface area contributed by atoms with Gasteiger partial charge in [-0.3, -0.25) is 0 Å². The van der Waals surface area contributed by atoms with Crippen molar-refractivity contribution in [3.8, 4) is 5.75 Å². The third kappa shape index (κ3) is 3.21.